The first-order chi connectivity index (χ1) is 14.0. The van der Waals surface area contributed by atoms with Crippen molar-refractivity contribution in [3.05, 3.63) is 35.5 Å². The number of guanidine groups is 1. The molecule has 0 aliphatic heterocycles. The maximum absolute atomic E-state index is 12.8. The van der Waals surface area contributed by atoms with Gasteiger partial charge in [-0.15, -0.1) is 24.0 Å². The van der Waals surface area contributed by atoms with E-state index in [1.807, 2.05) is 6.92 Å². The number of aryl methyl sites for hydroxylation is 2. The lowest BCUT2D eigenvalue weighted by molar-refractivity contribution is -0.0505. The average Bonchev–Trinajstić information content (AvgIpc) is 3.11. The van der Waals surface area contributed by atoms with Crippen molar-refractivity contribution in [2.45, 2.75) is 46.3 Å². The van der Waals surface area contributed by atoms with Gasteiger partial charge in [0.25, 0.3) is 0 Å². The highest BCUT2D eigenvalue weighted by atomic mass is 127. The summed E-state index contributed by atoms with van der Waals surface area (Å²) in [6.07, 6.45) is 2.24. The van der Waals surface area contributed by atoms with E-state index in [4.69, 9.17) is 9.26 Å². The summed E-state index contributed by atoms with van der Waals surface area (Å²) in [6.45, 7) is 2.22. The number of ether oxygens (including phenoxy) is 2. The van der Waals surface area contributed by atoms with Gasteiger partial charge >= 0.3 is 6.61 Å². The summed E-state index contributed by atoms with van der Waals surface area (Å²) in [5.41, 5.74) is 0.568. The van der Waals surface area contributed by atoms with Gasteiger partial charge in [0, 0.05) is 38.2 Å². The van der Waals surface area contributed by atoms with Crippen molar-refractivity contribution >= 4 is 29.9 Å². The summed E-state index contributed by atoms with van der Waals surface area (Å²) in [5, 5.41) is 9.98. The van der Waals surface area contributed by atoms with Gasteiger partial charge < -0.3 is 24.6 Å². The van der Waals surface area contributed by atoms with Crippen molar-refractivity contribution in [3.8, 4) is 11.5 Å². The van der Waals surface area contributed by atoms with Gasteiger partial charge in [-0.05, 0) is 31.9 Å². The second-order valence-electron chi connectivity index (χ2n) is 6.19. The van der Waals surface area contributed by atoms with Gasteiger partial charge in [-0.1, -0.05) is 12.1 Å². The van der Waals surface area contributed by atoms with Crippen molar-refractivity contribution in [1.82, 2.24) is 20.8 Å². The van der Waals surface area contributed by atoms with Gasteiger partial charge in [-0.25, -0.2) is 0 Å². The molecule has 0 unspecified atom stereocenters. The summed E-state index contributed by atoms with van der Waals surface area (Å²) in [7, 11) is 1.63. The van der Waals surface area contributed by atoms with E-state index in [1.165, 1.54) is 6.07 Å². The SMILES string of the molecule is CCCOc1ccc(CNC(=NC)NCCCc2nc(C)no2)c(OC(F)F)c1.I. The first-order valence-electron chi connectivity index (χ1n) is 9.46. The first kappa shape index (κ1) is 25.9. The van der Waals surface area contributed by atoms with Crippen LogP contribution < -0.4 is 20.1 Å². The minimum absolute atomic E-state index is 0. The molecule has 1 aromatic carbocycles. The van der Waals surface area contributed by atoms with Crippen LogP contribution in [0.3, 0.4) is 0 Å². The number of hydrogen-bond donors (Lipinski definition) is 2. The Kier molecular flexibility index (Phi) is 12.0. The van der Waals surface area contributed by atoms with Crippen LogP contribution in [0.25, 0.3) is 0 Å². The standard InChI is InChI=1S/C19H27F2N5O3.HI/c1-4-10-27-15-8-7-14(16(11-15)28-18(20)21)12-24-19(22-3)23-9-5-6-17-25-13(2)26-29-17;/h7-8,11,18H,4-6,9-10,12H2,1-3H3,(H2,22,23,24);1H. The van der Waals surface area contributed by atoms with E-state index in [9.17, 15) is 8.78 Å². The average molecular weight is 539 g/mol. The number of nitrogens with zero attached hydrogens (tertiary/aromatic N) is 3. The number of halogens is 3. The molecule has 0 spiro atoms. The summed E-state index contributed by atoms with van der Waals surface area (Å²) in [4.78, 5) is 8.28. The molecule has 0 saturated heterocycles. The fourth-order valence-corrected chi connectivity index (χ4v) is 2.48. The molecular weight excluding hydrogens is 511 g/mol. The van der Waals surface area contributed by atoms with Gasteiger partial charge in [0.2, 0.25) is 5.89 Å². The van der Waals surface area contributed by atoms with E-state index in [-0.39, 0.29) is 36.3 Å². The molecule has 0 fully saturated rings. The van der Waals surface area contributed by atoms with Crippen LogP contribution in [0, 0.1) is 6.92 Å². The molecule has 0 amide bonds. The zero-order chi connectivity index (χ0) is 21.1. The minimum Gasteiger partial charge on any atom is -0.493 e. The Labute approximate surface area is 191 Å². The van der Waals surface area contributed by atoms with Crippen LogP contribution in [0.15, 0.2) is 27.7 Å². The number of rotatable bonds is 11. The van der Waals surface area contributed by atoms with Crippen LogP contribution >= 0.6 is 24.0 Å². The lowest BCUT2D eigenvalue weighted by Gasteiger charge is -2.15. The predicted molar refractivity (Wildman–Crippen MR) is 120 cm³/mol. The van der Waals surface area contributed by atoms with E-state index >= 15 is 0 Å². The van der Waals surface area contributed by atoms with E-state index in [1.54, 1.807) is 26.1 Å². The molecule has 2 aromatic rings. The van der Waals surface area contributed by atoms with Crippen molar-refractivity contribution in [2.75, 3.05) is 20.2 Å². The normalized spacial score (nSPS) is 11.2. The summed E-state index contributed by atoms with van der Waals surface area (Å²) >= 11 is 0. The number of alkyl halides is 2. The molecule has 0 aliphatic rings. The smallest absolute Gasteiger partial charge is 0.387 e. The first-order valence-corrected chi connectivity index (χ1v) is 9.46. The van der Waals surface area contributed by atoms with Crippen LogP contribution in [-0.4, -0.2) is 42.9 Å². The lowest BCUT2D eigenvalue weighted by atomic mass is 10.2. The topological polar surface area (TPSA) is 93.8 Å². The van der Waals surface area contributed by atoms with Gasteiger partial charge in [0.15, 0.2) is 11.8 Å². The number of aliphatic imine (C=N–C) groups is 1. The summed E-state index contributed by atoms with van der Waals surface area (Å²) in [6, 6.07) is 4.90. The monoisotopic (exact) mass is 539 g/mol. The Bertz CT molecular complexity index is 789. The molecule has 2 rings (SSSR count). The maximum atomic E-state index is 12.8. The molecule has 30 heavy (non-hydrogen) atoms. The Morgan fingerprint density at radius 1 is 1.30 bits per heavy atom. The Hall–Kier alpha value is -2.18. The zero-order valence-electron chi connectivity index (χ0n) is 17.3. The van der Waals surface area contributed by atoms with Crippen molar-refractivity contribution in [3.63, 3.8) is 0 Å². The minimum atomic E-state index is -2.92. The molecule has 168 valence electrons. The highest BCUT2D eigenvalue weighted by Crippen LogP contribution is 2.26. The van der Waals surface area contributed by atoms with Gasteiger partial charge in [-0.2, -0.15) is 13.8 Å². The van der Waals surface area contributed by atoms with Gasteiger partial charge in [0.1, 0.15) is 11.5 Å². The van der Waals surface area contributed by atoms with Crippen LogP contribution in [-0.2, 0) is 13.0 Å². The summed E-state index contributed by atoms with van der Waals surface area (Å²) < 4.78 is 40.7. The van der Waals surface area contributed by atoms with Crippen molar-refractivity contribution in [2.24, 2.45) is 4.99 Å². The second-order valence-corrected chi connectivity index (χ2v) is 6.19. The van der Waals surface area contributed by atoms with E-state index in [0.717, 1.165) is 12.8 Å². The third kappa shape index (κ3) is 9.09. The molecule has 1 heterocycles. The maximum Gasteiger partial charge on any atom is 0.387 e. The molecule has 2 N–H and O–H groups in total. The van der Waals surface area contributed by atoms with E-state index < -0.39 is 6.61 Å². The highest BCUT2D eigenvalue weighted by Gasteiger charge is 2.12. The molecule has 8 nitrogen and oxygen atoms in total. The number of benzene rings is 1. The predicted octanol–water partition coefficient (Wildman–Crippen LogP) is 3.68. The number of nitrogens with one attached hydrogen (secondary N) is 2. The van der Waals surface area contributed by atoms with Crippen molar-refractivity contribution < 1.29 is 22.8 Å². The lowest BCUT2D eigenvalue weighted by Crippen LogP contribution is -2.37. The largest absolute Gasteiger partial charge is 0.493 e. The third-order valence-corrected chi connectivity index (χ3v) is 3.83. The quantitative estimate of drug-likeness (QED) is 0.195. The fraction of sp³-hybridized carbons (Fsp3) is 0.526. The molecular formula is C19H28F2IN5O3. The molecule has 0 saturated carbocycles. The molecule has 1 aromatic heterocycles. The number of hydrogen-bond acceptors (Lipinski definition) is 6. The second kappa shape index (κ2) is 13.9. The van der Waals surface area contributed by atoms with Crippen LogP contribution in [0.5, 0.6) is 11.5 Å². The number of aromatic nitrogens is 2. The summed E-state index contributed by atoms with van der Waals surface area (Å²) in [5.74, 6) is 2.30. The van der Waals surface area contributed by atoms with E-state index in [2.05, 4.69) is 30.5 Å². The van der Waals surface area contributed by atoms with Gasteiger partial charge in [-0.3, -0.25) is 4.99 Å². The van der Waals surface area contributed by atoms with E-state index in [0.29, 0.717) is 48.6 Å². The third-order valence-electron chi connectivity index (χ3n) is 3.83. The van der Waals surface area contributed by atoms with Crippen LogP contribution in [0.1, 0.15) is 37.0 Å². The van der Waals surface area contributed by atoms with Crippen molar-refractivity contribution in [1.29, 1.82) is 0 Å². The van der Waals surface area contributed by atoms with Crippen LogP contribution in [0.2, 0.25) is 0 Å². The molecule has 0 aliphatic carbocycles. The fourth-order valence-electron chi connectivity index (χ4n) is 2.48. The molecule has 0 bridgehead atoms. The highest BCUT2D eigenvalue weighted by molar-refractivity contribution is 14.0. The zero-order valence-corrected chi connectivity index (χ0v) is 19.6. The molecule has 0 radical (unpaired) electrons. The Morgan fingerprint density at radius 2 is 2.10 bits per heavy atom. The molecule has 11 heteroatoms. The Morgan fingerprint density at radius 3 is 2.73 bits per heavy atom. The molecule has 0 atom stereocenters. The Balaban J connectivity index is 0.00000450. The van der Waals surface area contributed by atoms with Crippen LogP contribution in [0.4, 0.5) is 8.78 Å². The van der Waals surface area contributed by atoms with Gasteiger partial charge in [0.05, 0.1) is 6.61 Å².